The second-order valence-corrected chi connectivity index (χ2v) is 8.34. The van der Waals surface area contributed by atoms with Crippen molar-refractivity contribution in [2.45, 2.75) is 65.7 Å². The molecule has 0 amide bonds. The van der Waals surface area contributed by atoms with E-state index in [1.807, 2.05) is 44.2 Å². The number of allylic oxidation sites excluding steroid dienone is 3. The number of rotatable bonds is 6. The fraction of sp³-hybridized carbons (Fsp3) is 0.355. The number of carbonyl (C=O) groups is 1. The lowest BCUT2D eigenvalue weighted by atomic mass is 10.1. The molecule has 1 heterocycles. The summed E-state index contributed by atoms with van der Waals surface area (Å²) in [6, 6.07) is 14.0. The van der Waals surface area contributed by atoms with Crippen LogP contribution in [-0.4, -0.2) is 24.4 Å². The highest BCUT2D eigenvalue weighted by Crippen LogP contribution is 2.36. The zero-order valence-corrected chi connectivity index (χ0v) is 23.5. The summed E-state index contributed by atoms with van der Waals surface area (Å²) >= 11 is 1.80. The molecule has 0 saturated heterocycles. The van der Waals surface area contributed by atoms with E-state index in [0.717, 1.165) is 52.6 Å². The van der Waals surface area contributed by atoms with Crippen molar-refractivity contribution in [2.24, 2.45) is 4.99 Å². The van der Waals surface area contributed by atoms with E-state index in [0.29, 0.717) is 0 Å². The molecule has 0 aromatic heterocycles. The molecular weight excluding hydrogens is 450 g/mol. The molecule has 1 aliphatic rings. The fourth-order valence-electron chi connectivity index (χ4n) is 2.97. The summed E-state index contributed by atoms with van der Waals surface area (Å²) in [7, 11) is 1.68. The summed E-state index contributed by atoms with van der Waals surface area (Å²) in [4.78, 5) is 17.4. The van der Waals surface area contributed by atoms with Crippen LogP contribution in [0.2, 0.25) is 0 Å². The molecule has 0 fully saturated rings. The van der Waals surface area contributed by atoms with Gasteiger partial charge >= 0.3 is 0 Å². The molecule has 190 valence electrons. The first kappa shape index (κ1) is 32.1. The molecule has 0 N–H and O–H groups in total. The molecule has 0 unspecified atom stereocenters. The third-order valence-corrected chi connectivity index (χ3v) is 6.06. The van der Waals surface area contributed by atoms with Gasteiger partial charge in [0, 0.05) is 21.9 Å². The van der Waals surface area contributed by atoms with Gasteiger partial charge in [-0.1, -0.05) is 83.7 Å². The highest BCUT2D eigenvalue weighted by molar-refractivity contribution is 7.99. The molecule has 4 heteroatoms. The molecular formula is C31H43NO2S. The van der Waals surface area contributed by atoms with Gasteiger partial charge in [0.15, 0.2) is 5.78 Å². The molecule has 35 heavy (non-hydrogen) atoms. The van der Waals surface area contributed by atoms with E-state index in [-0.39, 0.29) is 5.78 Å². The lowest BCUT2D eigenvalue weighted by Crippen LogP contribution is -2.03. The zero-order valence-electron chi connectivity index (χ0n) is 22.7. The number of aryl methyl sites for hydroxylation is 1. The number of fused-ring (bicyclic) bond motifs is 1. The summed E-state index contributed by atoms with van der Waals surface area (Å²) in [6.45, 7) is 18.7. The summed E-state index contributed by atoms with van der Waals surface area (Å²) in [6.07, 6.45) is 8.59. The minimum atomic E-state index is 0.0931. The zero-order chi connectivity index (χ0) is 26.6. The number of ketones is 1. The van der Waals surface area contributed by atoms with Gasteiger partial charge in [0.25, 0.3) is 0 Å². The fourth-order valence-corrected chi connectivity index (χ4v) is 4.03. The number of ether oxygens (including phenoxy) is 1. The largest absolute Gasteiger partial charge is 0.497 e. The maximum atomic E-state index is 11.5. The quantitative estimate of drug-likeness (QED) is 0.297. The number of methoxy groups -OCH3 is 1. The van der Waals surface area contributed by atoms with Gasteiger partial charge in [0.2, 0.25) is 0 Å². The van der Waals surface area contributed by atoms with Crippen LogP contribution in [0.5, 0.6) is 5.75 Å². The SMILES string of the molecule is C/C=C1\CSc2ccc(C(C)=O)cc2N=C1CCC.C=CC=C.CC.CCc1ccc(OC)cc1. The van der Waals surface area contributed by atoms with Gasteiger partial charge in [-0.05, 0) is 62.1 Å². The smallest absolute Gasteiger partial charge is 0.159 e. The van der Waals surface area contributed by atoms with E-state index >= 15 is 0 Å². The van der Waals surface area contributed by atoms with Crippen molar-refractivity contribution in [1.29, 1.82) is 0 Å². The van der Waals surface area contributed by atoms with E-state index in [1.54, 1.807) is 37.9 Å². The molecule has 0 atom stereocenters. The molecule has 1 aliphatic heterocycles. The second-order valence-electron chi connectivity index (χ2n) is 7.32. The Kier molecular flexibility index (Phi) is 17.9. The van der Waals surface area contributed by atoms with Crippen molar-refractivity contribution in [1.82, 2.24) is 0 Å². The monoisotopic (exact) mass is 493 g/mol. The van der Waals surface area contributed by atoms with Gasteiger partial charge in [0.05, 0.1) is 12.8 Å². The van der Waals surface area contributed by atoms with Crippen LogP contribution >= 0.6 is 11.8 Å². The minimum Gasteiger partial charge on any atom is -0.497 e. The standard InChI is InChI=1S/C16H19NOS.C9H12O.C4H6.C2H6/c1-4-6-14-12(5-2)10-19-16-8-7-13(11(3)18)9-15(16)17-14;1-3-8-4-6-9(10-2)7-5-8;1-3-4-2;1-2/h5,7-9H,4,6,10H2,1-3H3;4-7H,3H2,1-2H3;3-4H,1-2H2;1-2H3/b12-5+;;;. The summed E-state index contributed by atoms with van der Waals surface area (Å²) in [5.41, 5.74) is 5.51. The molecule has 2 aromatic carbocycles. The maximum Gasteiger partial charge on any atom is 0.159 e. The van der Waals surface area contributed by atoms with E-state index in [2.05, 4.69) is 52.1 Å². The first-order valence-electron chi connectivity index (χ1n) is 12.3. The number of thioether (sulfide) groups is 1. The lowest BCUT2D eigenvalue weighted by molar-refractivity contribution is 0.101. The van der Waals surface area contributed by atoms with E-state index in [9.17, 15) is 4.79 Å². The van der Waals surface area contributed by atoms with Gasteiger partial charge in [0.1, 0.15) is 5.75 Å². The minimum absolute atomic E-state index is 0.0931. The van der Waals surface area contributed by atoms with Crippen LogP contribution in [0.4, 0.5) is 5.69 Å². The Morgan fingerprint density at radius 1 is 1.09 bits per heavy atom. The van der Waals surface area contributed by atoms with Gasteiger partial charge in [-0.25, -0.2) is 0 Å². The van der Waals surface area contributed by atoms with Crippen LogP contribution < -0.4 is 4.74 Å². The number of hydrogen-bond acceptors (Lipinski definition) is 4. The third-order valence-electron chi connectivity index (χ3n) is 4.94. The number of Topliss-reactive ketones (excluding diaryl/α,β-unsaturated/α-hetero) is 1. The van der Waals surface area contributed by atoms with E-state index < -0.39 is 0 Å². The van der Waals surface area contributed by atoms with E-state index in [4.69, 9.17) is 9.73 Å². The number of nitrogens with zero attached hydrogens (tertiary/aromatic N) is 1. The molecule has 0 radical (unpaired) electrons. The highest BCUT2D eigenvalue weighted by Gasteiger charge is 2.15. The van der Waals surface area contributed by atoms with Gasteiger partial charge in [-0.15, -0.1) is 11.8 Å². The van der Waals surface area contributed by atoms with Gasteiger partial charge in [-0.2, -0.15) is 0 Å². The first-order valence-corrected chi connectivity index (χ1v) is 13.3. The Labute approximate surface area is 218 Å². The van der Waals surface area contributed by atoms with Crippen LogP contribution in [0.1, 0.15) is 70.3 Å². The Balaban J connectivity index is 0.000000604. The Bertz CT molecular complexity index is 943. The van der Waals surface area contributed by atoms with Crippen molar-refractivity contribution >= 4 is 28.9 Å². The molecule has 0 bridgehead atoms. The summed E-state index contributed by atoms with van der Waals surface area (Å²) in [5, 5.41) is 0. The maximum absolute atomic E-state index is 11.5. The average molecular weight is 494 g/mol. The topological polar surface area (TPSA) is 38.7 Å². The van der Waals surface area contributed by atoms with E-state index in [1.165, 1.54) is 11.1 Å². The van der Waals surface area contributed by atoms with Gasteiger partial charge in [-0.3, -0.25) is 9.79 Å². The average Bonchev–Trinajstić information content (AvgIpc) is 3.08. The second kappa shape index (κ2) is 19.5. The van der Waals surface area contributed by atoms with Crippen molar-refractivity contribution in [3.8, 4) is 5.75 Å². The Morgan fingerprint density at radius 3 is 2.17 bits per heavy atom. The summed E-state index contributed by atoms with van der Waals surface area (Å²) < 4.78 is 5.01. The van der Waals surface area contributed by atoms with Crippen molar-refractivity contribution in [2.75, 3.05) is 12.9 Å². The molecule has 2 aromatic rings. The van der Waals surface area contributed by atoms with Crippen LogP contribution in [0.3, 0.4) is 0 Å². The predicted octanol–water partition coefficient (Wildman–Crippen LogP) is 9.46. The van der Waals surface area contributed by atoms with Crippen molar-refractivity contribution in [3.05, 3.63) is 90.6 Å². The first-order chi connectivity index (χ1) is 16.9. The molecule has 0 saturated carbocycles. The highest BCUT2D eigenvalue weighted by atomic mass is 32.2. The molecule has 0 aliphatic carbocycles. The third kappa shape index (κ3) is 11.9. The molecule has 0 spiro atoms. The molecule has 3 rings (SSSR count). The number of hydrogen-bond donors (Lipinski definition) is 0. The lowest BCUT2D eigenvalue weighted by Gasteiger charge is -2.05. The van der Waals surface area contributed by atoms with Crippen LogP contribution in [0.25, 0.3) is 0 Å². The Hall–Kier alpha value is -2.85. The van der Waals surface area contributed by atoms with Gasteiger partial charge < -0.3 is 4.74 Å². The van der Waals surface area contributed by atoms with Crippen molar-refractivity contribution in [3.63, 3.8) is 0 Å². The molecule has 3 nitrogen and oxygen atoms in total. The number of benzene rings is 2. The number of aliphatic imine (C=N–C) groups is 1. The van der Waals surface area contributed by atoms with Crippen molar-refractivity contribution < 1.29 is 9.53 Å². The van der Waals surface area contributed by atoms with Crippen LogP contribution in [-0.2, 0) is 6.42 Å². The number of carbonyl (C=O) groups excluding carboxylic acids is 1. The van der Waals surface area contributed by atoms with Crippen LogP contribution in [0.15, 0.2) is 89.3 Å². The predicted molar refractivity (Wildman–Crippen MR) is 157 cm³/mol. The Morgan fingerprint density at radius 2 is 1.71 bits per heavy atom. The summed E-state index contributed by atoms with van der Waals surface area (Å²) in [5.74, 6) is 1.98. The van der Waals surface area contributed by atoms with Crippen LogP contribution in [0, 0.1) is 0 Å². The normalized spacial score (nSPS) is 12.5.